The summed E-state index contributed by atoms with van der Waals surface area (Å²) in [5.74, 6) is 0.927. The highest BCUT2D eigenvalue weighted by molar-refractivity contribution is 5.79. The largest absolute Gasteiger partial charge is 0.423 e. The minimum absolute atomic E-state index is 0.110. The lowest BCUT2D eigenvalue weighted by atomic mass is 9.78. The Morgan fingerprint density at radius 1 is 0.967 bits per heavy atom. The summed E-state index contributed by atoms with van der Waals surface area (Å²) >= 11 is 0. The third-order valence-electron chi connectivity index (χ3n) is 7.08. The molecule has 1 unspecified atom stereocenters. The quantitative estimate of drug-likeness (QED) is 0.375. The predicted octanol–water partition coefficient (Wildman–Crippen LogP) is 7.13. The zero-order valence-corrected chi connectivity index (χ0v) is 18.3. The second-order valence-corrected chi connectivity index (χ2v) is 9.35. The van der Waals surface area contributed by atoms with Gasteiger partial charge in [-0.2, -0.15) is 0 Å². The van der Waals surface area contributed by atoms with Crippen molar-refractivity contribution in [2.24, 2.45) is 17.8 Å². The van der Waals surface area contributed by atoms with Crippen LogP contribution in [0.3, 0.4) is 0 Å². The highest BCUT2D eigenvalue weighted by atomic mass is 19.1. The number of carbonyl (C=O) groups excluding carboxylic acids is 1. The van der Waals surface area contributed by atoms with Gasteiger partial charge >= 0.3 is 5.97 Å². The molecule has 1 heterocycles. The molecule has 0 N–H and O–H groups in total. The molecule has 0 aromatic heterocycles. The van der Waals surface area contributed by atoms with E-state index in [0.29, 0.717) is 12.0 Å². The van der Waals surface area contributed by atoms with Crippen LogP contribution < -0.4 is 4.74 Å². The van der Waals surface area contributed by atoms with E-state index in [1.165, 1.54) is 50.5 Å². The molecule has 0 radical (unpaired) electrons. The van der Waals surface area contributed by atoms with Crippen molar-refractivity contribution in [3.63, 3.8) is 0 Å². The lowest BCUT2D eigenvalue weighted by Gasteiger charge is -2.28. The van der Waals surface area contributed by atoms with E-state index >= 15 is 4.39 Å². The molecular formula is C27H33FO2. The summed E-state index contributed by atoms with van der Waals surface area (Å²) in [6, 6.07) is 11.9. The first kappa shape index (κ1) is 21.1. The number of ether oxygens (including phenoxy) is 1. The molecule has 0 bridgehead atoms. The lowest BCUT2D eigenvalue weighted by Crippen LogP contribution is -2.26. The second-order valence-electron chi connectivity index (χ2n) is 9.35. The molecule has 2 nitrogen and oxygen atoms in total. The minimum Gasteiger partial charge on any atom is -0.423 e. The normalized spacial score (nSPS) is 23.7. The Morgan fingerprint density at radius 2 is 1.63 bits per heavy atom. The van der Waals surface area contributed by atoms with Crippen LogP contribution in [0.5, 0.6) is 5.75 Å². The standard InChI is InChI=1S/C27H33FO2/c1-3-4-19-5-7-20(8-6-19)9-10-21-11-13-22(14-12-21)24-16-15-23-17-18(2)27(29)30-26(23)25(24)28/h11-16,18-20H,3-10,17H2,1-2H3. The molecule has 160 valence electrons. The van der Waals surface area contributed by atoms with Crippen molar-refractivity contribution >= 4 is 5.97 Å². The van der Waals surface area contributed by atoms with Crippen LogP contribution in [0.2, 0.25) is 0 Å². The van der Waals surface area contributed by atoms with Gasteiger partial charge in [0.25, 0.3) is 0 Å². The summed E-state index contributed by atoms with van der Waals surface area (Å²) in [4.78, 5) is 11.9. The van der Waals surface area contributed by atoms with Crippen LogP contribution in [0.4, 0.5) is 4.39 Å². The number of hydrogen-bond acceptors (Lipinski definition) is 2. The van der Waals surface area contributed by atoms with Gasteiger partial charge in [-0.05, 0) is 47.8 Å². The Bertz CT molecular complexity index is 878. The first-order valence-corrected chi connectivity index (χ1v) is 11.7. The molecule has 2 aliphatic rings. The van der Waals surface area contributed by atoms with Crippen LogP contribution in [-0.2, 0) is 17.6 Å². The van der Waals surface area contributed by atoms with Crippen molar-refractivity contribution in [2.75, 3.05) is 0 Å². The molecule has 4 rings (SSSR count). The van der Waals surface area contributed by atoms with Gasteiger partial charge in [-0.15, -0.1) is 0 Å². The van der Waals surface area contributed by atoms with Crippen molar-refractivity contribution in [2.45, 2.75) is 71.6 Å². The van der Waals surface area contributed by atoms with Gasteiger partial charge in [0, 0.05) is 5.56 Å². The molecule has 1 atom stereocenters. The summed E-state index contributed by atoms with van der Waals surface area (Å²) < 4.78 is 20.3. The number of rotatable bonds is 6. The number of fused-ring (bicyclic) bond motifs is 1. The smallest absolute Gasteiger partial charge is 0.314 e. The average molecular weight is 409 g/mol. The van der Waals surface area contributed by atoms with Crippen LogP contribution in [0.15, 0.2) is 36.4 Å². The number of benzene rings is 2. The third kappa shape index (κ3) is 4.61. The molecule has 1 aliphatic carbocycles. The molecule has 0 amide bonds. The maximum atomic E-state index is 15.0. The van der Waals surface area contributed by atoms with E-state index in [9.17, 15) is 4.79 Å². The Kier molecular flexibility index (Phi) is 6.55. The van der Waals surface area contributed by atoms with Crippen molar-refractivity contribution in [1.29, 1.82) is 0 Å². The number of hydrogen-bond donors (Lipinski definition) is 0. The lowest BCUT2D eigenvalue weighted by molar-refractivity contribution is -0.139. The average Bonchev–Trinajstić information content (AvgIpc) is 2.76. The van der Waals surface area contributed by atoms with E-state index in [1.54, 1.807) is 0 Å². The van der Waals surface area contributed by atoms with Crippen LogP contribution in [0.1, 0.15) is 69.9 Å². The van der Waals surface area contributed by atoms with E-state index in [0.717, 1.165) is 29.4 Å². The summed E-state index contributed by atoms with van der Waals surface area (Å²) in [5.41, 5.74) is 3.41. The monoisotopic (exact) mass is 408 g/mol. The zero-order valence-electron chi connectivity index (χ0n) is 18.3. The summed E-state index contributed by atoms with van der Waals surface area (Å²) in [7, 11) is 0. The van der Waals surface area contributed by atoms with Gasteiger partial charge in [0.05, 0.1) is 5.92 Å². The van der Waals surface area contributed by atoms with E-state index < -0.39 is 5.82 Å². The van der Waals surface area contributed by atoms with Crippen molar-refractivity contribution in [3.8, 4) is 16.9 Å². The summed E-state index contributed by atoms with van der Waals surface area (Å²) in [6.45, 7) is 4.10. The van der Waals surface area contributed by atoms with Gasteiger partial charge in [0.2, 0.25) is 0 Å². The van der Waals surface area contributed by atoms with Gasteiger partial charge in [-0.1, -0.05) is 88.8 Å². The van der Waals surface area contributed by atoms with E-state index in [-0.39, 0.29) is 17.6 Å². The summed E-state index contributed by atoms with van der Waals surface area (Å²) in [6.07, 6.45) is 11.1. The summed E-state index contributed by atoms with van der Waals surface area (Å²) in [5, 5.41) is 0. The molecule has 2 aromatic rings. The molecule has 1 aliphatic heterocycles. The highest BCUT2D eigenvalue weighted by Crippen LogP contribution is 2.37. The molecule has 1 fully saturated rings. The van der Waals surface area contributed by atoms with Crippen LogP contribution in [0, 0.1) is 23.6 Å². The molecule has 0 spiro atoms. The van der Waals surface area contributed by atoms with Crippen LogP contribution in [0.25, 0.3) is 11.1 Å². The van der Waals surface area contributed by atoms with Gasteiger partial charge in [-0.25, -0.2) is 4.39 Å². The first-order chi connectivity index (χ1) is 14.5. The van der Waals surface area contributed by atoms with E-state index in [4.69, 9.17) is 4.74 Å². The fourth-order valence-corrected chi connectivity index (χ4v) is 5.14. The fourth-order valence-electron chi connectivity index (χ4n) is 5.14. The van der Waals surface area contributed by atoms with E-state index in [1.807, 2.05) is 31.2 Å². The van der Waals surface area contributed by atoms with Gasteiger partial charge in [0.1, 0.15) is 0 Å². The topological polar surface area (TPSA) is 26.3 Å². The second kappa shape index (κ2) is 9.32. The molecule has 2 aromatic carbocycles. The van der Waals surface area contributed by atoms with E-state index in [2.05, 4.69) is 19.1 Å². The molecule has 30 heavy (non-hydrogen) atoms. The predicted molar refractivity (Wildman–Crippen MR) is 119 cm³/mol. The molecular weight excluding hydrogens is 375 g/mol. The molecule has 3 heteroatoms. The van der Waals surface area contributed by atoms with Crippen molar-refractivity contribution < 1.29 is 13.9 Å². The van der Waals surface area contributed by atoms with Gasteiger partial charge in [-0.3, -0.25) is 4.79 Å². The van der Waals surface area contributed by atoms with Gasteiger partial charge < -0.3 is 4.74 Å². The Morgan fingerprint density at radius 3 is 2.30 bits per heavy atom. The fraction of sp³-hybridized carbons (Fsp3) is 0.519. The zero-order chi connectivity index (χ0) is 21.1. The maximum Gasteiger partial charge on any atom is 0.314 e. The highest BCUT2D eigenvalue weighted by Gasteiger charge is 2.28. The Hall–Kier alpha value is -2.16. The van der Waals surface area contributed by atoms with Gasteiger partial charge in [0.15, 0.2) is 11.6 Å². The van der Waals surface area contributed by atoms with Crippen LogP contribution >= 0.6 is 0 Å². The SMILES string of the molecule is CCCC1CCC(CCc2ccc(-c3ccc4c(c3F)OC(=O)C(C)C4)cc2)CC1. The van der Waals surface area contributed by atoms with Crippen molar-refractivity contribution in [3.05, 3.63) is 53.3 Å². The maximum absolute atomic E-state index is 15.0. The van der Waals surface area contributed by atoms with Crippen molar-refractivity contribution in [1.82, 2.24) is 0 Å². The Labute approximate surface area is 179 Å². The van der Waals surface area contributed by atoms with Crippen LogP contribution in [-0.4, -0.2) is 5.97 Å². The molecule has 0 saturated heterocycles. The number of esters is 1. The number of aryl methyl sites for hydroxylation is 1. The number of halogens is 1. The number of carbonyl (C=O) groups is 1. The first-order valence-electron chi connectivity index (χ1n) is 11.7. The Balaban J connectivity index is 1.38. The minimum atomic E-state index is -0.427. The third-order valence-corrected chi connectivity index (χ3v) is 7.08. The molecule has 1 saturated carbocycles.